The number of aromatic nitrogens is 1. The third-order valence-corrected chi connectivity index (χ3v) is 2.76. The maximum atomic E-state index is 11.2. The van der Waals surface area contributed by atoms with E-state index in [1.54, 1.807) is 18.9 Å². The predicted octanol–water partition coefficient (Wildman–Crippen LogP) is 2.14. The maximum absolute atomic E-state index is 11.2. The molecule has 0 atom stereocenters. The number of esters is 1. The third-order valence-electron chi connectivity index (χ3n) is 2.33. The van der Waals surface area contributed by atoms with Gasteiger partial charge in [-0.05, 0) is 22.9 Å². The lowest BCUT2D eigenvalue weighted by atomic mass is 10.3. The zero-order valence-corrected chi connectivity index (χ0v) is 12.2. The van der Waals surface area contributed by atoms with Crippen LogP contribution in [0.3, 0.4) is 0 Å². The number of anilines is 1. The Balaban J connectivity index is 2.79. The Labute approximate surface area is 118 Å². The highest BCUT2D eigenvalue weighted by molar-refractivity contribution is 9.10. The van der Waals surface area contributed by atoms with Crippen molar-refractivity contribution in [2.45, 2.75) is 13.3 Å². The van der Waals surface area contributed by atoms with Crippen molar-refractivity contribution in [2.24, 2.45) is 0 Å². The molecule has 0 unspecified atom stereocenters. The zero-order valence-electron chi connectivity index (χ0n) is 10.6. The molecule has 0 radical (unpaired) electrons. The summed E-state index contributed by atoms with van der Waals surface area (Å²) in [5.41, 5.74) is -0.110. The van der Waals surface area contributed by atoms with Crippen LogP contribution in [0.2, 0.25) is 0 Å². The highest BCUT2D eigenvalue weighted by atomic mass is 79.9. The van der Waals surface area contributed by atoms with Crippen LogP contribution in [0, 0.1) is 10.1 Å². The van der Waals surface area contributed by atoms with E-state index in [2.05, 4.69) is 20.9 Å². The summed E-state index contributed by atoms with van der Waals surface area (Å²) in [6.07, 6.45) is 1.63. The number of pyridine rings is 1. The minimum atomic E-state index is -0.506. The number of hydrogen-bond acceptors (Lipinski definition) is 6. The van der Waals surface area contributed by atoms with E-state index in [1.165, 1.54) is 12.3 Å². The first-order valence-electron chi connectivity index (χ1n) is 5.62. The summed E-state index contributed by atoms with van der Waals surface area (Å²) >= 11 is 3.14. The molecule has 0 N–H and O–H groups in total. The molecule has 7 nitrogen and oxygen atoms in total. The molecule has 1 heterocycles. The molecule has 8 heteroatoms. The van der Waals surface area contributed by atoms with Crippen molar-refractivity contribution in [1.82, 2.24) is 4.98 Å². The summed E-state index contributed by atoms with van der Waals surface area (Å²) < 4.78 is 5.33. The SMILES string of the molecule is CCOC(=O)CCN(C)c1ncc(Br)cc1[N+](=O)[O-]. The van der Waals surface area contributed by atoms with Crippen LogP contribution in [0.1, 0.15) is 13.3 Å². The summed E-state index contributed by atoms with van der Waals surface area (Å²) in [4.78, 5) is 27.2. The molecule has 0 bridgehead atoms. The topological polar surface area (TPSA) is 85.6 Å². The van der Waals surface area contributed by atoms with Gasteiger partial charge < -0.3 is 9.64 Å². The molecular formula is C11H14BrN3O4. The molecular weight excluding hydrogens is 318 g/mol. The number of carbonyl (C=O) groups excluding carboxylic acids is 1. The van der Waals surface area contributed by atoms with E-state index in [4.69, 9.17) is 4.74 Å². The summed E-state index contributed by atoms with van der Waals surface area (Å²) in [5.74, 6) is -0.119. The molecule has 0 saturated carbocycles. The van der Waals surface area contributed by atoms with E-state index >= 15 is 0 Å². The van der Waals surface area contributed by atoms with E-state index in [9.17, 15) is 14.9 Å². The number of halogens is 1. The van der Waals surface area contributed by atoms with Crippen LogP contribution in [-0.4, -0.2) is 36.1 Å². The maximum Gasteiger partial charge on any atom is 0.312 e. The van der Waals surface area contributed by atoms with Gasteiger partial charge >= 0.3 is 11.7 Å². The minimum Gasteiger partial charge on any atom is -0.466 e. The monoisotopic (exact) mass is 331 g/mol. The Kier molecular flexibility index (Phi) is 5.68. The molecule has 0 aliphatic heterocycles. The van der Waals surface area contributed by atoms with Crippen molar-refractivity contribution >= 4 is 33.4 Å². The number of nitro groups is 1. The number of nitrogens with zero attached hydrogens (tertiary/aromatic N) is 3. The Morgan fingerprint density at radius 3 is 2.89 bits per heavy atom. The van der Waals surface area contributed by atoms with Crippen molar-refractivity contribution in [3.8, 4) is 0 Å². The minimum absolute atomic E-state index is 0.110. The van der Waals surface area contributed by atoms with E-state index < -0.39 is 4.92 Å². The Morgan fingerprint density at radius 1 is 1.63 bits per heavy atom. The molecule has 0 amide bonds. The van der Waals surface area contributed by atoms with Crippen molar-refractivity contribution in [3.63, 3.8) is 0 Å². The highest BCUT2D eigenvalue weighted by Crippen LogP contribution is 2.27. The number of ether oxygens (including phenoxy) is 1. The second-order valence-electron chi connectivity index (χ2n) is 3.73. The second-order valence-corrected chi connectivity index (χ2v) is 4.65. The number of hydrogen-bond donors (Lipinski definition) is 0. The third kappa shape index (κ3) is 4.47. The van der Waals surface area contributed by atoms with Gasteiger partial charge in [-0.25, -0.2) is 4.98 Å². The smallest absolute Gasteiger partial charge is 0.312 e. The highest BCUT2D eigenvalue weighted by Gasteiger charge is 2.19. The summed E-state index contributed by atoms with van der Waals surface area (Å²) in [6.45, 7) is 2.34. The van der Waals surface area contributed by atoms with Gasteiger partial charge in [-0.1, -0.05) is 0 Å². The number of rotatable bonds is 6. The predicted molar refractivity (Wildman–Crippen MR) is 73.1 cm³/mol. The molecule has 0 aliphatic rings. The first-order chi connectivity index (χ1) is 8.95. The lowest BCUT2D eigenvalue weighted by Gasteiger charge is -2.17. The van der Waals surface area contributed by atoms with Gasteiger partial charge in [-0.15, -0.1) is 0 Å². The summed E-state index contributed by atoms with van der Waals surface area (Å²) in [5, 5.41) is 10.9. The first-order valence-corrected chi connectivity index (χ1v) is 6.41. The molecule has 0 spiro atoms. The molecule has 1 aromatic heterocycles. The van der Waals surface area contributed by atoms with Gasteiger partial charge in [-0.2, -0.15) is 0 Å². The quantitative estimate of drug-likeness (QED) is 0.451. The van der Waals surface area contributed by atoms with E-state index in [-0.39, 0.29) is 23.9 Å². The van der Waals surface area contributed by atoms with Gasteiger partial charge in [0.15, 0.2) is 0 Å². The van der Waals surface area contributed by atoms with Crippen LogP contribution in [0.15, 0.2) is 16.7 Å². The molecule has 0 fully saturated rings. The fourth-order valence-electron chi connectivity index (χ4n) is 1.45. The van der Waals surface area contributed by atoms with Crippen molar-refractivity contribution < 1.29 is 14.5 Å². The van der Waals surface area contributed by atoms with Crippen molar-refractivity contribution in [2.75, 3.05) is 25.1 Å². The largest absolute Gasteiger partial charge is 0.466 e. The van der Waals surface area contributed by atoms with Crippen LogP contribution in [0.25, 0.3) is 0 Å². The molecule has 0 aliphatic carbocycles. The van der Waals surface area contributed by atoms with Crippen molar-refractivity contribution in [1.29, 1.82) is 0 Å². The lowest BCUT2D eigenvalue weighted by molar-refractivity contribution is -0.384. The van der Waals surface area contributed by atoms with Gasteiger partial charge in [-0.3, -0.25) is 14.9 Å². The first kappa shape index (κ1) is 15.4. The van der Waals surface area contributed by atoms with Gasteiger partial charge in [0, 0.05) is 30.3 Å². The average Bonchev–Trinajstić information content (AvgIpc) is 2.36. The van der Waals surface area contributed by atoms with E-state index in [0.29, 0.717) is 17.6 Å². The van der Waals surface area contributed by atoms with Crippen LogP contribution >= 0.6 is 15.9 Å². The van der Waals surface area contributed by atoms with Crippen LogP contribution in [0.5, 0.6) is 0 Å². The van der Waals surface area contributed by atoms with Gasteiger partial charge in [0.2, 0.25) is 5.82 Å². The van der Waals surface area contributed by atoms with Crippen molar-refractivity contribution in [3.05, 3.63) is 26.9 Å². The fraction of sp³-hybridized carbons (Fsp3) is 0.455. The molecule has 0 saturated heterocycles. The molecule has 1 rings (SSSR count). The molecule has 1 aromatic rings. The van der Waals surface area contributed by atoms with Crippen LogP contribution < -0.4 is 4.90 Å². The van der Waals surface area contributed by atoms with E-state index in [0.717, 1.165) is 0 Å². The Morgan fingerprint density at radius 2 is 2.32 bits per heavy atom. The van der Waals surface area contributed by atoms with Crippen LogP contribution in [0.4, 0.5) is 11.5 Å². The fourth-order valence-corrected chi connectivity index (χ4v) is 1.77. The van der Waals surface area contributed by atoms with Gasteiger partial charge in [0.05, 0.1) is 18.0 Å². The molecule has 19 heavy (non-hydrogen) atoms. The van der Waals surface area contributed by atoms with Gasteiger partial charge in [0.1, 0.15) is 0 Å². The molecule has 0 aromatic carbocycles. The number of carbonyl (C=O) groups is 1. The normalized spacial score (nSPS) is 10.1. The zero-order chi connectivity index (χ0) is 14.4. The van der Waals surface area contributed by atoms with Gasteiger partial charge in [0.25, 0.3) is 0 Å². The lowest BCUT2D eigenvalue weighted by Crippen LogP contribution is -2.23. The standard InChI is InChI=1S/C11H14BrN3O4/c1-3-19-10(16)4-5-14(2)11-9(15(17)18)6-8(12)7-13-11/h6-7H,3-5H2,1-2H3. The summed E-state index contributed by atoms with van der Waals surface area (Å²) in [7, 11) is 1.64. The Bertz CT molecular complexity index is 481. The van der Waals surface area contributed by atoms with E-state index in [1.807, 2.05) is 0 Å². The summed E-state index contributed by atoms with van der Waals surface area (Å²) in [6, 6.07) is 1.38. The molecule has 104 valence electrons. The average molecular weight is 332 g/mol. The van der Waals surface area contributed by atoms with Crippen LogP contribution in [-0.2, 0) is 9.53 Å². The second kappa shape index (κ2) is 7.03. The Hall–Kier alpha value is -1.70.